The Morgan fingerprint density at radius 2 is 1.79 bits per heavy atom. The predicted octanol–water partition coefficient (Wildman–Crippen LogP) is 6.49. The molecule has 148 valence electrons. The summed E-state index contributed by atoms with van der Waals surface area (Å²) in [6.07, 6.45) is 2.64. The van der Waals surface area contributed by atoms with Gasteiger partial charge in [-0.2, -0.15) is 18.2 Å². The topological polar surface area (TPSA) is 43.9 Å². The highest BCUT2D eigenvalue weighted by molar-refractivity contribution is 5.84. The molecule has 0 saturated heterocycles. The van der Waals surface area contributed by atoms with Gasteiger partial charge in [-0.1, -0.05) is 30.1 Å². The van der Waals surface area contributed by atoms with E-state index in [1.807, 2.05) is 18.2 Å². The first kappa shape index (κ1) is 18.0. The fourth-order valence-corrected chi connectivity index (χ4v) is 4.09. The largest absolute Gasteiger partial charge is 0.416 e. The zero-order valence-electron chi connectivity index (χ0n) is 15.5. The molecule has 1 aliphatic rings. The zero-order valence-corrected chi connectivity index (χ0v) is 15.5. The zero-order chi connectivity index (χ0) is 20.0. The standard InChI is InChI=1S/C22H18F3N3O/c23-22(24,25)17-5-3-4-15(13-17)20-26-21(29-27-20)16-8-9-19-14(12-16)10-11-28(19)18-6-1-2-7-18/h3-5,8-13,18H,1-2,6-7H2. The lowest BCUT2D eigenvalue weighted by Crippen LogP contribution is -2.04. The molecule has 0 N–H and O–H groups in total. The van der Waals surface area contributed by atoms with Crippen LogP contribution < -0.4 is 0 Å². The molecule has 2 aromatic heterocycles. The molecule has 0 atom stereocenters. The Kier molecular flexibility index (Phi) is 4.19. The Morgan fingerprint density at radius 3 is 2.59 bits per heavy atom. The highest BCUT2D eigenvalue weighted by Crippen LogP contribution is 2.35. The van der Waals surface area contributed by atoms with E-state index in [0.29, 0.717) is 6.04 Å². The number of benzene rings is 2. The molecule has 0 aliphatic heterocycles. The van der Waals surface area contributed by atoms with E-state index >= 15 is 0 Å². The van der Waals surface area contributed by atoms with Crippen molar-refractivity contribution in [2.24, 2.45) is 0 Å². The van der Waals surface area contributed by atoms with Crippen molar-refractivity contribution in [1.29, 1.82) is 0 Å². The number of fused-ring (bicyclic) bond motifs is 1. The molecule has 2 aromatic carbocycles. The number of hydrogen-bond donors (Lipinski definition) is 0. The molecule has 0 bridgehead atoms. The Morgan fingerprint density at radius 1 is 0.966 bits per heavy atom. The summed E-state index contributed by atoms with van der Waals surface area (Å²) in [7, 11) is 0. The molecule has 0 unspecified atom stereocenters. The van der Waals surface area contributed by atoms with E-state index in [0.717, 1.165) is 23.1 Å². The molecule has 1 saturated carbocycles. The van der Waals surface area contributed by atoms with Crippen LogP contribution in [0.5, 0.6) is 0 Å². The second-order valence-electron chi connectivity index (χ2n) is 7.44. The highest BCUT2D eigenvalue weighted by Gasteiger charge is 2.30. The van der Waals surface area contributed by atoms with Gasteiger partial charge >= 0.3 is 6.18 Å². The van der Waals surface area contributed by atoms with Gasteiger partial charge in [-0.25, -0.2) is 0 Å². The van der Waals surface area contributed by atoms with Gasteiger partial charge in [0.1, 0.15) is 0 Å². The third-order valence-corrected chi connectivity index (χ3v) is 5.56. The molecule has 0 spiro atoms. The quantitative estimate of drug-likeness (QED) is 0.397. The van der Waals surface area contributed by atoms with Crippen molar-refractivity contribution in [2.45, 2.75) is 37.9 Å². The molecule has 1 fully saturated rings. The Labute approximate surface area is 165 Å². The van der Waals surface area contributed by atoms with E-state index < -0.39 is 11.7 Å². The van der Waals surface area contributed by atoms with Crippen LogP contribution in [0.25, 0.3) is 33.7 Å². The van der Waals surface area contributed by atoms with E-state index in [9.17, 15) is 13.2 Å². The first-order valence-electron chi connectivity index (χ1n) is 9.61. The summed E-state index contributed by atoms with van der Waals surface area (Å²) >= 11 is 0. The van der Waals surface area contributed by atoms with Crippen LogP contribution in [0, 0.1) is 0 Å². The van der Waals surface area contributed by atoms with Gasteiger partial charge in [0, 0.05) is 34.3 Å². The summed E-state index contributed by atoms with van der Waals surface area (Å²) in [5, 5.41) is 4.95. The Bertz CT molecular complexity index is 1170. The Hall–Kier alpha value is -3.09. The number of alkyl halides is 3. The van der Waals surface area contributed by atoms with Crippen molar-refractivity contribution >= 4 is 10.9 Å². The minimum Gasteiger partial charge on any atom is -0.344 e. The fraction of sp³-hybridized carbons (Fsp3) is 0.273. The molecular weight excluding hydrogens is 379 g/mol. The lowest BCUT2D eigenvalue weighted by Gasteiger charge is -2.13. The van der Waals surface area contributed by atoms with E-state index in [4.69, 9.17) is 4.52 Å². The summed E-state index contributed by atoms with van der Waals surface area (Å²) in [6.45, 7) is 0. The van der Waals surface area contributed by atoms with Gasteiger partial charge < -0.3 is 9.09 Å². The average molecular weight is 397 g/mol. The second kappa shape index (κ2) is 6.76. The van der Waals surface area contributed by atoms with Crippen molar-refractivity contribution in [2.75, 3.05) is 0 Å². The number of halogens is 3. The average Bonchev–Trinajstić information content (AvgIpc) is 3.46. The lowest BCUT2D eigenvalue weighted by atomic mass is 10.1. The summed E-state index contributed by atoms with van der Waals surface area (Å²) < 4.78 is 46.5. The summed E-state index contributed by atoms with van der Waals surface area (Å²) in [5.41, 5.74) is 1.44. The normalized spacial score (nSPS) is 15.4. The van der Waals surface area contributed by atoms with Gasteiger partial charge in [0.15, 0.2) is 0 Å². The first-order chi connectivity index (χ1) is 14.0. The number of nitrogens with zero attached hydrogens (tertiary/aromatic N) is 3. The maximum Gasteiger partial charge on any atom is 0.416 e. The van der Waals surface area contributed by atoms with Gasteiger partial charge in [0.2, 0.25) is 5.82 Å². The van der Waals surface area contributed by atoms with E-state index in [1.54, 1.807) is 0 Å². The third-order valence-electron chi connectivity index (χ3n) is 5.56. The molecule has 0 amide bonds. The molecule has 1 aliphatic carbocycles. The molecule has 7 heteroatoms. The molecule has 4 nitrogen and oxygen atoms in total. The lowest BCUT2D eigenvalue weighted by molar-refractivity contribution is -0.137. The molecular formula is C22H18F3N3O. The van der Waals surface area contributed by atoms with Crippen molar-refractivity contribution in [3.8, 4) is 22.8 Å². The molecule has 2 heterocycles. The van der Waals surface area contributed by atoms with Gasteiger partial charge in [0.05, 0.1) is 5.56 Å². The second-order valence-corrected chi connectivity index (χ2v) is 7.44. The monoisotopic (exact) mass is 397 g/mol. The highest BCUT2D eigenvalue weighted by atomic mass is 19.4. The number of aromatic nitrogens is 3. The van der Waals surface area contributed by atoms with E-state index in [2.05, 4.69) is 27.0 Å². The molecule has 29 heavy (non-hydrogen) atoms. The maximum atomic E-state index is 12.9. The van der Waals surface area contributed by atoms with Crippen LogP contribution in [0.15, 0.2) is 59.3 Å². The van der Waals surface area contributed by atoms with Crippen LogP contribution in [-0.4, -0.2) is 14.7 Å². The van der Waals surface area contributed by atoms with Crippen molar-refractivity contribution in [3.63, 3.8) is 0 Å². The van der Waals surface area contributed by atoms with Crippen LogP contribution in [0.1, 0.15) is 37.3 Å². The van der Waals surface area contributed by atoms with Crippen molar-refractivity contribution in [3.05, 3.63) is 60.3 Å². The van der Waals surface area contributed by atoms with Gasteiger partial charge in [0.25, 0.3) is 5.89 Å². The van der Waals surface area contributed by atoms with Gasteiger partial charge in [-0.3, -0.25) is 0 Å². The SMILES string of the molecule is FC(F)(F)c1cccc(-c2noc(-c3ccc4c(ccn4C4CCCC4)c3)n2)c1. The number of hydrogen-bond acceptors (Lipinski definition) is 3. The van der Waals surface area contributed by atoms with E-state index in [1.165, 1.54) is 43.3 Å². The smallest absolute Gasteiger partial charge is 0.344 e. The summed E-state index contributed by atoms with van der Waals surface area (Å²) in [5.74, 6) is 0.419. The molecule has 5 rings (SSSR count). The first-order valence-corrected chi connectivity index (χ1v) is 9.61. The summed E-state index contributed by atoms with van der Waals surface area (Å²) in [4.78, 5) is 4.31. The van der Waals surface area contributed by atoms with Crippen LogP contribution >= 0.6 is 0 Å². The maximum absolute atomic E-state index is 12.9. The predicted molar refractivity (Wildman–Crippen MR) is 103 cm³/mol. The summed E-state index contributed by atoms with van der Waals surface area (Å²) in [6, 6.07) is 13.5. The van der Waals surface area contributed by atoms with E-state index in [-0.39, 0.29) is 17.3 Å². The Balaban J connectivity index is 1.47. The van der Waals surface area contributed by atoms with Gasteiger partial charge in [-0.15, -0.1) is 0 Å². The minimum atomic E-state index is -4.42. The van der Waals surface area contributed by atoms with Crippen LogP contribution in [-0.2, 0) is 6.18 Å². The van der Waals surface area contributed by atoms with Crippen molar-refractivity contribution < 1.29 is 17.7 Å². The number of rotatable bonds is 3. The minimum absolute atomic E-state index is 0.134. The molecule has 0 radical (unpaired) electrons. The molecule has 4 aromatic rings. The van der Waals surface area contributed by atoms with Crippen molar-refractivity contribution in [1.82, 2.24) is 14.7 Å². The van der Waals surface area contributed by atoms with Crippen LogP contribution in [0.4, 0.5) is 13.2 Å². The van der Waals surface area contributed by atoms with Gasteiger partial charge in [-0.05, 0) is 49.2 Å². The third kappa shape index (κ3) is 3.30. The van der Waals surface area contributed by atoms with Crippen LogP contribution in [0.2, 0.25) is 0 Å². The fourth-order valence-electron chi connectivity index (χ4n) is 4.09. The van der Waals surface area contributed by atoms with Crippen LogP contribution in [0.3, 0.4) is 0 Å².